The van der Waals surface area contributed by atoms with Crippen molar-refractivity contribution in [2.45, 2.75) is 32.1 Å². The largest absolute Gasteiger partial charge is 0.508 e. The normalized spacial score (nSPS) is 15.8. The average Bonchev–Trinajstić information content (AvgIpc) is 2.47. The molecule has 0 aromatic heterocycles. The van der Waals surface area contributed by atoms with Gasteiger partial charge in [-0.15, -0.1) is 0 Å². The molecule has 1 fully saturated rings. The molecule has 110 valence electrons. The maximum absolute atomic E-state index is 11.9. The van der Waals surface area contributed by atoms with Gasteiger partial charge in [0.2, 0.25) is 5.91 Å². The molecule has 1 aromatic carbocycles. The number of amides is 1. The van der Waals surface area contributed by atoms with Gasteiger partial charge in [0.25, 0.3) is 0 Å². The van der Waals surface area contributed by atoms with Crippen LogP contribution in [0.25, 0.3) is 0 Å². The van der Waals surface area contributed by atoms with Gasteiger partial charge in [0.15, 0.2) is 0 Å². The van der Waals surface area contributed by atoms with E-state index in [0.29, 0.717) is 12.5 Å². The number of nitrogens with one attached hydrogen (secondary N) is 1. The standard InChI is InChI=1S/C16H24N2O2/c1-18(14-7-9-15(19)10-8-14)12-16(20)17-11-13-5-3-2-4-6-13/h7-10,13,19H,2-6,11-12H2,1H3,(H,17,20). The minimum Gasteiger partial charge on any atom is -0.508 e. The molecule has 0 unspecified atom stereocenters. The first kappa shape index (κ1) is 14.7. The summed E-state index contributed by atoms with van der Waals surface area (Å²) in [5.74, 6) is 0.960. The first-order chi connectivity index (χ1) is 9.65. The second kappa shape index (κ2) is 7.17. The van der Waals surface area contributed by atoms with Crippen molar-refractivity contribution in [3.8, 4) is 5.75 Å². The van der Waals surface area contributed by atoms with E-state index in [4.69, 9.17) is 0 Å². The predicted octanol–water partition coefficient (Wildman–Crippen LogP) is 2.52. The van der Waals surface area contributed by atoms with Gasteiger partial charge in [0.05, 0.1) is 6.54 Å². The van der Waals surface area contributed by atoms with Crippen LogP contribution in [0.15, 0.2) is 24.3 Å². The Balaban J connectivity index is 1.74. The number of carbonyl (C=O) groups excluding carboxylic acids is 1. The van der Waals surface area contributed by atoms with Crippen LogP contribution in [-0.2, 0) is 4.79 Å². The van der Waals surface area contributed by atoms with E-state index in [1.54, 1.807) is 12.1 Å². The second-order valence-electron chi connectivity index (χ2n) is 5.68. The van der Waals surface area contributed by atoms with E-state index in [1.807, 2.05) is 24.1 Å². The fraction of sp³-hybridized carbons (Fsp3) is 0.562. The van der Waals surface area contributed by atoms with E-state index < -0.39 is 0 Å². The van der Waals surface area contributed by atoms with Crippen molar-refractivity contribution in [2.75, 3.05) is 25.0 Å². The molecule has 0 atom stereocenters. The number of anilines is 1. The van der Waals surface area contributed by atoms with Crippen LogP contribution in [0.1, 0.15) is 32.1 Å². The maximum Gasteiger partial charge on any atom is 0.239 e. The van der Waals surface area contributed by atoms with Crippen LogP contribution in [0, 0.1) is 5.92 Å². The van der Waals surface area contributed by atoms with Gasteiger partial charge in [-0.25, -0.2) is 0 Å². The number of hydrogen-bond donors (Lipinski definition) is 2. The van der Waals surface area contributed by atoms with Gasteiger partial charge in [0.1, 0.15) is 5.75 Å². The van der Waals surface area contributed by atoms with E-state index in [2.05, 4.69) is 5.32 Å². The summed E-state index contributed by atoms with van der Waals surface area (Å²) in [5, 5.41) is 12.3. The number of phenolic OH excluding ortho intramolecular Hbond substituents is 1. The maximum atomic E-state index is 11.9. The van der Waals surface area contributed by atoms with E-state index in [1.165, 1.54) is 32.1 Å². The topological polar surface area (TPSA) is 52.6 Å². The summed E-state index contributed by atoms with van der Waals surface area (Å²) in [6.07, 6.45) is 6.43. The predicted molar refractivity (Wildman–Crippen MR) is 81.0 cm³/mol. The Hall–Kier alpha value is -1.71. The first-order valence-electron chi connectivity index (χ1n) is 7.42. The molecule has 0 saturated heterocycles. The number of nitrogens with zero attached hydrogens (tertiary/aromatic N) is 1. The Morgan fingerprint density at radius 1 is 1.25 bits per heavy atom. The van der Waals surface area contributed by atoms with Gasteiger partial charge in [-0.3, -0.25) is 4.79 Å². The molecule has 0 radical (unpaired) electrons. The van der Waals surface area contributed by atoms with Crippen LogP contribution in [0.5, 0.6) is 5.75 Å². The van der Waals surface area contributed by atoms with Gasteiger partial charge in [-0.2, -0.15) is 0 Å². The smallest absolute Gasteiger partial charge is 0.239 e. The molecule has 1 saturated carbocycles. The van der Waals surface area contributed by atoms with Crippen LogP contribution in [0.4, 0.5) is 5.69 Å². The summed E-state index contributed by atoms with van der Waals surface area (Å²) < 4.78 is 0. The Bertz CT molecular complexity index is 425. The lowest BCUT2D eigenvalue weighted by molar-refractivity contribution is -0.119. The molecule has 4 nitrogen and oxygen atoms in total. The van der Waals surface area contributed by atoms with Crippen LogP contribution in [0.2, 0.25) is 0 Å². The molecular weight excluding hydrogens is 252 g/mol. The third-order valence-electron chi connectivity index (χ3n) is 3.98. The van der Waals surface area contributed by atoms with Crippen LogP contribution >= 0.6 is 0 Å². The average molecular weight is 276 g/mol. The molecule has 1 aliphatic rings. The molecule has 0 bridgehead atoms. The van der Waals surface area contributed by atoms with Crippen molar-refractivity contribution < 1.29 is 9.90 Å². The molecule has 0 spiro atoms. The van der Waals surface area contributed by atoms with Gasteiger partial charge in [-0.05, 0) is 43.0 Å². The fourth-order valence-electron chi connectivity index (χ4n) is 2.72. The molecule has 1 aromatic rings. The second-order valence-corrected chi connectivity index (χ2v) is 5.68. The molecule has 0 heterocycles. The van der Waals surface area contributed by atoms with Crippen LogP contribution in [-0.4, -0.2) is 31.2 Å². The molecule has 2 rings (SSSR count). The third-order valence-corrected chi connectivity index (χ3v) is 3.98. The highest BCUT2D eigenvalue weighted by molar-refractivity contribution is 5.81. The van der Waals surface area contributed by atoms with Crippen LogP contribution < -0.4 is 10.2 Å². The Kier molecular flexibility index (Phi) is 5.27. The lowest BCUT2D eigenvalue weighted by atomic mass is 9.89. The highest BCUT2D eigenvalue weighted by Gasteiger charge is 2.15. The monoisotopic (exact) mass is 276 g/mol. The zero-order valence-corrected chi connectivity index (χ0v) is 12.1. The molecule has 2 N–H and O–H groups in total. The van der Waals surface area contributed by atoms with Crippen molar-refractivity contribution >= 4 is 11.6 Å². The first-order valence-corrected chi connectivity index (χ1v) is 7.42. The lowest BCUT2D eigenvalue weighted by Gasteiger charge is -2.23. The number of phenols is 1. The van der Waals surface area contributed by atoms with Crippen molar-refractivity contribution in [1.29, 1.82) is 0 Å². The molecule has 1 aliphatic carbocycles. The Labute approximate surface area is 120 Å². The number of benzene rings is 1. The summed E-state index contributed by atoms with van der Waals surface area (Å²) in [6, 6.07) is 6.88. The van der Waals surface area contributed by atoms with E-state index in [0.717, 1.165) is 12.2 Å². The summed E-state index contributed by atoms with van der Waals surface area (Å²) in [6.45, 7) is 1.15. The molecule has 0 aliphatic heterocycles. The summed E-state index contributed by atoms with van der Waals surface area (Å²) >= 11 is 0. The number of likely N-dealkylation sites (N-methyl/N-ethyl adjacent to an activating group) is 1. The molecule has 4 heteroatoms. The SMILES string of the molecule is CN(CC(=O)NCC1CCCCC1)c1ccc(O)cc1. The number of rotatable bonds is 5. The Morgan fingerprint density at radius 2 is 1.90 bits per heavy atom. The molecule has 20 heavy (non-hydrogen) atoms. The lowest BCUT2D eigenvalue weighted by Crippen LogP contribution is -2.37. The quantitative estimate of drug-likeness (QED) is 0.869. The van der Waals surface area contributed by atoms with Gasteiger partial charge < -0.3 is 15.3 Å². The van der Waals surface area contributed by atoms with Crippen molar-refractivity contribution in [3.63, 3.8) is 0 Å². The van der Waals surface area contributed by atoms with E-state index in [9.17, 15) is 9.90 Å². The van der Waals surface area contributed by atoms with Gasteiger partial charge in [0, 0.05) is 19.3 Å². The zero-order valence-electron chi connectivity index (χ0n) is 12.1. The highest BCUT2D eigenvalue weighted by Crippen LogP contribution is 2.22. The highest BCUT2D eigenvalue weighted by atomic mass is 16.3. The fourth-order valence-corrected chi connectivity index (χ4v) is 2.72. The van der Waals surface area contributed by atoms with Crippen molar-refractivity contribution in [3.05, 3.63) is 24.3 Å². The minimum atomic E-state index is 0.0612. The number of hydrogen-bond acceptors (Lipinski definition) is 3. The zero-order chi connectivity index (χ0) is 14.4. The van der Waals surface area contributed by atoms with Gasteiger partial charge >= 0.3 is 0 Å². The van der Waals surface area contributed by atoms with Crippen LogP contribution in [0.3, 0.4) is 0 Å². The van der Waals surface area contributed by atoms with E-state index >= 15 is 0 Å². The Morgan fingerprint density at radius 3 is 2.55 bits per heavy atom. The van der Waals surface area contributed by atoms with Gasteiger partial charge in [-0.1, -0.05) is 19.3 Å². The molecular formula is C16H24N2O2. The summed E-state index contributed by atoms with van der Waals surface area (Å²) in [4.78, 5) is 13.8. The van der Waals surface area contributed by atoms with E-state index in [-0.39, 0.29) is 11.7 Å². The third kappa shape index (κ3) is 4.44. The van der Waals surface area contributed by atoms with Crippen molar-refractivity contribution in [2.24, 2.45) is 5.92 Å². The van der Waals surface area contributed by atoms with Crippen molar-refractivity contribution in [1.82, 2.24) is 5.32 Å². The summed E-state index contributed by atoms with van der Waals surface area (Å²) in [7, 11) is 1.88. The minimum absolute atomic E-state index is 0.0612. The summed E-state index contributed by atoms with van der Waals surface area (Å²) in [5.41, 5.74) is 0.926. The molecule has 1 amide bonds. The number of carbonyl (C=O) groups is 1. The number of aromatic hydroxyl groups is 1.